The van der Waals surface area contributed by atoms with Gasteiger partial charge in [0, 0.05) is 18.3 Å². The van der Waals surface area contributed by atoms with E-state index in [9.17, 15) is 4.39 Å². The lowest BCUT2D eigenvalue weighted by Crippen LogP contribution is -2.02. The Morgan fingerprint density at radius 1 is 1.32 bits per heavy atom. The van der Waals surface area contributed by atoms with Gasteiger partial charge in [0.05, 0.1) is 5.69 Å². The predicted octanol–water partition coefficient (Wildman–Crippen LogP) is 3.88. The highest BCUT2D eigenvalue weighted by Gasteiger charge is 2.07. The molecule has 2 aromatic rings. The average Bonchev–Trinajstić information content (AvgIpc) is 2.72. The van der Waals surface area contributed by atoms with Crippen molar-refractivity contribution in [3.05, 3.63) is 36.3 Å². The maximum absolute atomic E-state index is 13.1. The van der Waals surface area contributed by atoms with Crippen LogP contribution >= 0.6 is 12.4 Å². The van der Waals surface area contributed by atoms with Crippen molar-refractivity contribution in [3.8, 4) is 11.3 Å². The SMILES string of the molecule is CCCCCn1cc(-c2cccc(F)c2)nc1N.Cl. The van der Waals surface area contributed by atoms with Crippen LogP contribution in [0.15, 0.2) is 30.5 Å². The third kappa shape index (κ3) is 3.96. The lowest BCUT2D eigenvalue weighted by molar-refractivity contribution is 0.608. The number of imidazole rings is 1. The summed E-state index contributed by atoms with van der Waals surface area (Å²) in [6.45, 7) is 3.03. The van der Waals surface area contributed by atoms with Gasteiger partial charge in [-0.05, 0) is 18.6 Å². The zero-order chi connectivity index (χ0) is 13.0. The minimum Gasteiger partial charge on any atom is -0.369 e. The average molecular weight is 284 g/mol. The van der Waals surface area contributed by atoms with Crippen LogP contribution in [0.2, 0.25) is 0 Å². The number of aryl methyl sites for hydroxylation is 1. The van der Waals surface area contributed by atoms with E-state index in [1.165, 1.54) is 25.0 Å². The third-order valence-corrected chi connectivity index (χ3v) is 2.93. The van der Waals surface area contributed by atoms with Crippen LogP contribution in [0, 0.1) is 5.82 Å². The zero-order valence-electron chi connectivity index (χ0n) is 11.0. The van der Waals surface area contributed by atoms with Gasteiger partial charge >= 0.3 is 0 Å². The fraction of sp³-hybridized carbons (Fsp3) is 0.357. The molecule has 0 spiro atoms. The van der Waals surface area contributed by atoms with E-state index >= 15 is 0 Å². The Labute approximate surface area is 119 Å². The first-order valence-electron chi connectivity index (χ1n) is 6.29. The van der Waals surface area contributed by atoms with Gasteiger partial charge in [-0.1, -0.05) is 31.9 Å². The smallest absolute Gasteiger partial charge is 0.200 e. The van der Waals surface area contributed by atoms with Gasteiger partial charge in [-0.15, -0.1) is 12.4 Å². The number of nitrogen functional groups attached to an aromatic ring is 1. The number of rotatable bonds is 5. The van der Waals surface area contributed by atoms with Gasteiger partial charge in [0.2, 0.25) is 5.95 Å². The molecule has 1 aromatic carbocycles. The number of hydrogen-bond donors (Lipinski definition) is 1. The van der Waals surface area contributed by atoms with Crippen molar-refractivity contribution in [1.82, 2.24) is 9.55 Å². The number of halogens is 2. The molecular formula is C14H19ClFN3. The predicted molar refractivity (Wildman–Crippen MR) is 78.8 cm³/mol. The lowest BCUT2D eigenvalue weighted by atomic mass is 10.2. The molecule has 1 heterocycles. The van der Waals surface area contributed by atoms with Gasteiger partial charge in [0.1, 0.15) is 5.82 Å². The molecule has 2 N–H and O–H groups in total. The molecule has 0 fully saturated rings. The Balaban J connectivity index is 0.00000180. The fourth-order valence-corrected chi connectivity index (χ4v) is 1.93. The summed E-state index contributed by atoms with van der Waals surface area (Å²) in [6.07, 6.45) is 5.32. The van der Waals surface area contributed by atoms with Crippen molar-refractivity contribution in [2.75, 3.05) is 5.73 Å². The van der Waals surface area contributed by atoms with Crippen LogP contribution in [-0.4, -0.2) is 9.55 Å². The first kappa shape index (κ1) is 15.5. The summed E-state index contributed by atoms with van der Waals surface area (Å²) in [5, 5.41) is 0. The van der Waals surface area contributed by atoms with Crippen LogP contribution in [0.4, 0.5) is 10.3 Å². The van der Waals surface area contributed by atoms with Gasteiger partial charge in [0.25, 0.3) is 0 Å². The first-order chi connectivity index (χ1) is 8.70. The molecular weight excluding hydrogens is 265 g/mol. The second-order valence-electron chi connectivity index (χ2n) is 4.40. The summed E-state index contributed by atoms with van der Waals surface area (Å²) in [6, 6.07) is 6.40. The van der Waals surface area contributed by atoms with E-state index in [-0.39, 0.29) is 18.2 Å². The van der Waals surface area contributed by atoms with Crippen LogP contribution in [0.5, 0.6) is 0 Å². The second-order valence-corrected chi connectivity index (χ2v) is 4.40. The molecule has 0 saturated carbocycles. The third-order valence-electron chi connectivity index (χ3n) is 2.93. The molecule has 3 nitrogen and oxygen atoms in total. The number of unbranched alkanes of at least 4 members (excludes halogenated alkanes) is 2. The van der Waals surface area contributed by atoms with Crippen LogP contribution in [-0.2, 0) is 6.54 Å². The second kappa shape index (κ2) is 7.14. The molecule has 0 bridgehead atoms. The molecule has 0 aliphatic rings. The number of aromatic nitrogens is 2. The van der Waals surface area contributed by atoms with Crippen molar-refractivity contribution in [2.45, 2.75) is 32.7 Å². The van der Waals surface area contributed by atoms with Gasteiger partial charge in [-0.2, -0.15) is 0 Å². The van der Waals surface area contributed by atoms with E-state index < -0.39 is 0 Å². The highest BCUT2D eigenvalue weighted by Crippen LogP contribution is 2.20. The number of benzene rings is 1. The summed E-state index contributed by atoms with van der Waals surface area (Å²) in [4.78, 5) is 4.27. The zero-order valence-corrected chi connectivity index (χ0v) is 11.8. The maximum Gasteiger partial charge on any atom is 0.200 e. The minimum atomic E-state index is -0.258. The van der Waals surface area contributed by atoms with Crippen LogP contribution < -0.4 is 5.73 Å². The lowest BCUT2D eigenvalue weighted by Gasteiger charge is -2.02. The van der Waals surface area contributed by atoms with E-state index in [4.69, 9.17) is 5.73 Å². The molecule has 0 amide bonds. The Morgan fingerprint density at radius 3 is 2.79 bits per heavy atom. The standard InChI is InChI=1S/C14H18FN3.ClH/c1-2-3-4-8-18-10-13(17-14(18)16)11-6-5-7-12(15)9-11;/h5-7,9-10H,2-4,8H2,1H3,(H2,16,17);1H. The summed E-state index contributed by atoms with van der Waals surface area (Å²) in [5.74, 6) is 0.233. The number of anilines is 1. The molecule has 2 rings (SSSR count). The normalized spacial score (nSPS) is 10.2. The van der Waals surface area contributed by atoms with Crippen molar-refractivity contribution in [3.63, 3.8) is 0 Å². The molecule has 0 aliphatic heterocycles. The van der Waals surface area contributed by atoms with E-state index in [0.717, 1.165) is 24.2 Å². The molecule has 1 aromatic heterocycles. The maximum atomic E-state index is 13.1. The molecule has 0 atom stereocenters. The van der Waals surface area contributed by atoms with E-state index in [1.807, 2.05) is 16.8 Å². The summed E-state index contributed by atoms with van der Waals surface area (Å²) in [5.41, 5.74) is 7.34. The molecule has 0 radical (unpaired) electrons. The topological polar surface area (TPSA) is 43.8 Å². The number of nitrogens with zero attached hydrogens (tertiary/aromatic N) is 2. The van der Waals surface area contributed by atoms with E-state index in [2.05, 4.69) is 11.9 Å². The Kier molecular flexibility index (Phi) is 5.83. The van der Waals surface area contributed by atoms with Crippen molar-refractivity contribution < 1.29 is 4.39 Å². The van der Waals surface area contributed by atoms with Crippen molar-refractivity contribution in [2.24, 2.45) is 0 Å². The largest absolute Gasteiger partial charge is 0.369 e. The van der Waals surface area contributed by atoms with Crippen molar-refractivity contribution in [1.29, 1.82) is 0 Å². The molecule has 0 unspecified atom stereocenters. The van der Waals surface area contributed by atoms with Gasteiger partial charge in [-0.25, -0.2) is 9.37 Å². The van der Waals surface area contributed by atoms with Gasteiger partial charge in [0.15, 0.2) is 0 Å². The van der Waals surface area contributed by atoms with Gasteiger partial charge in [-0.3, -0.25) is 0 Å². The van der Waals surface area contributed by atoms with Crippen LogP contribution in [0.25, 0.3) is 11.3 Å². The number of hydrogen-bond acceptors (Lipinski definition) is 2. The number of nitrogens with two attached hydrogens (primary N) is 1. The quantitative estimate of drug-likeness (QED) is 0.846. The highest BCUT2D eigenvalue weighted by molar-refractivity contribution is 5.85. The Hall–Kier alpha value is -1.55. The summed E-state index contributed by atoms with van der Waals surface area (Å²) in [7, 11) is 0. The fourth-order valence-electron chi connectivity index (χ4n) is 1.93. The van der Waals surface area contributed by atoms with E-state index in [1.54, 1.807) is 6.07 Å². The molecule has 0 aliphatic carbocycles. The minimum absolute atomic E-state index is 0. The van der Waals surface area contributed by atoms with Crippen LogP contribution in [0.1, 0.15) is 26.2 Å². The summed E-state index contributed by atoms with van der Waals surface area (Å²) < 4.78 is 15.1. The van der Waals surface area contributed by atoms with Crippen molar-refractivity contribution >= 4 is 18.4 Å². The monoisotopic (exact) mass is 283 g/mol. The molecule has 5 heteroatoms. The molecule has 104 valence electrons. The Bertz CT molecular complexity index is 525. The Morgan fingerprint density at radius 2 is 2.11 bits per heavy atom. The molecule has 0 saturated heterocycles. The van der Waals surface area contributed by atoms with Crippen LogP contribution in [0.3, 0.4) is 0 Å². The highest BCUT2D eigenvalue weighted by atomic mass is 35.5. The first-order valence-corrected chi connectivity index (χ1v) is 6.29. The van der Waals surface area contributed by atoms with E-state index in [0.29, 0.717) is 5.95 Å². The van der Waals surface area contributed by atoms with Gasteiger partial charge < -0.3 is 10.3 Å². The molecule has 19 heavy (non-hydrogen) atoms. The summed E-state index contributed by atoms with van der Waals surface area (Å²) >= 11 is 0.